The SMILES string of the molecule is CC1(C)OCC(CNC(=O)c2c(I)c(NCC(O)CNc3c(I)c(C(=O)NCC4COC(C)(C)O4)c(I)c(C(=O)NCC4COC(C)(C)O4)c3I)c(I)c(C(=O)NCC3COC(C)(C)O3)c2I)O1. The zero-order valence-electron chi connectivity index (χ0n) is 38.6. The smallest absolute Gasteiger partial charge is 0.253 e. The first-order valence-corrected chi connectivity index (χ1v) is 28.1. The Morgan fingerprint density at radius 2 is 0.676 bits per heavy atom. The van der Waals surface area contributed by atoms with E-state index in [1.54, 1.807) is 55.4 Å². The highest BCUT2D eigenvalue weighted by molar-refractivity contribution is 14.1. The molecule has 68 heavy (non-hydrogen) atoms. The Kier molecular flexibility index (Phi) is 19.9. The molecule has 378 valence electrons. The normalized spacial score (nSPS) is 23.8. The molecule has 2 aromatic rings. The highest BCUT2D eigenvalue weighted by atomic mass is 127. The van der Waals surface area contributed by atoms with E-state index in [1.165, 1.54) is 0 Å². The molecule has 4 saturated heterocycles. The van der Waals surface area contributed by atoms with Gasteiger partial charge < -0.3 is 74.9 Å². The number of amides is 4. The van der Waals surface area contributed by atoms with Gasteiger partial charge in [-0.25, -0.2) is 0 Å². The van der Waals surface area contributed by atoms with E-state index in [2.05, 4.69) is 122 Å². The van der Waals surface area contributed by atoms with E-state index >= 15 is 0 Å². The van der Waals surface area contributed by atoms with Crippen LogP contribution in [0.1, 0.15) is 96.8 Å². The van der Waals surface area contributed by atoms with Crippen LogP contribution in [0.5, 0.6) is 0 Å². The molecule has 0 saturated carbocycles. The molecule has 4 heterocycles. The van der Waals surface area contributed by atoms with Crippen LogP contribution >= 0.6 is 136 Å². The van der Waals surface area contributed by atoms with Crippen molar-refractivity contribution < 1.29 is 62.2 Å². The predicted molar refractivity (Wildman–Crippen MR) is 301 cm³/mol. The zero-order valence-corrected chi connectivity index (χ0v) is 51.5. The minimum atomic E-state index is -1.06. The van der Waals surface area contributed by atoms with Crippen LogP contribution in [-0.2, 0) is 37.9 Å². The molecule has 2 aromatic carbocycles. The lowest BCUT2D eigenvalue weighted by Crippen LogP contribution is -2.38. The number of carbonyl (C=O) groups excluding carboxylic acids is 4. The predicted octanol–water partition coefficient (Wildman–Crippen LogP) is 5.72. The number of hydrogen-bond donors (Lipinski definition) is 7. The van der Waals surface area contributed by atoms with Gasteiger partial charge in [-0.1, -0.05) is 0 Å². The number of aliphatic hydroxyl groups excluding tert-OH is 1. The van der Waals surface area contributed by atoms with E-state index in [-0.39, 0.29) is 85.9 Å². The lowest BCUT2D eigenvalue weighted by atomic mass is 10.1. The summed E-state index contributed by atoms with van der Waals surface area (Å²) < 4.78 is 49.4. The number of nitrogens with one attached hydrogen (secondary N) is 6. The number of rotatable bonds is 18. The van der Waals surface area contributed by atoms with Crippen molar-refractivity contribution in [2.75, 3.05) is 76.3 Å². The average Bonchev–Trinajstić information content (AvgIpc) is 4.00. The van der Waals surface area contributed by atoms with Crippen molar-refractivity contribution in [1.29, 1.82) is 0 Å². The summed E-state index contributed by atoms with van der Waals surface area (Å²) in [5.74, 6) is -4.76. The van der Waals surface area contributed by atoms with Crippen molar-refractivity contribution in [3.63, 3.8) is 0 Å². The Hall–Kier alpha value is -0.0600. The van der Waals surface area contributed by atoms with Crippen molar-refractivity contribution in [3.8, 4) is 0 Å². The van der Waals surface area contributed by atoms with E-state index < -0.39 is 52.9 Å². The van der Waals surface area contributed by atoms with E-state index in [0.29, 0.717) is 59.2 Å². The summed E-state index contributed by atoms with van der Waals surface area (Å²) in [4.78, 5) is 56.1. The second-order valence-electron chi connectivity index (χ2n) is 18.2. The highest BCUT2D eigenvalue weighted by Gasteiger charge is 2.38. The number of hydrogen-bond acceptors (Lipinski definition) is 15. The van der Waals surface area contributed by atoms with Crippen molar-refractivity contribution in [2.45, 2.75) is 109 Å². The summed E-state index contributed by atoms with van der Waals surface area (Å²) in [5.41, 5.74) is 2.05. The number of carbonyl (C=O) groups is 4. The summed E-state index contributed by atoms with van der Waals surface area (Å²) in [5, 5.41) is 30.0. The number of aliphatic hydroxyl groups is 1. The fraction of sp³-hybridized carbons (Fsp3) is 0.628. The topological polar surface area (TPSA) is 235 Å². The average molecular weight is 1630 g/mol. The molecular weight excluding hydrogens is 1570 g/mol. The molecule has 0 aromatic heterocycles. The van der Waals surface area contributed by atoms with Crippen LogP contribution in [0.25, 0.3) is 0 Å². The third kappa shape index (κ3) is 14.6. The summed E-state index contributed by atoms with van der Waals surface area (Å²) >= 11 is 12.4. The first kappa shape index (κ1) is 57.2. The minimum absolute atomic E-state index is 0.0236. The van der Waals surface area contributed by atoms with Gasteiger partial charge in [0.05, 0.1) is 80.4 Å². The molecule has 0 bridgehead atoms. The van der Waals surface area contributed by atoms with Gasteiger partial charge in [0.25, 0.3) is 23.6 Å². The van der Waals surface area contributed by atoms with Crippen LogP contribution < -0.4 is 31.9 Å². The highest BCUT2D eigenvalue weighted by Crippen LogP contribution is 2.38. The fourth-order valence-corrected chi connectivity index (χ4v) is 16.6. The molecule has 4 aliphatic heterocycles. The number of benzene rings is 2. The maximum absolute atomic E-state index is 14.0. The number of ether oxygens (including phenoxy) is 8. The van der Waals surface area contributed by atoms with E-state index in [9.17, 15) is 24.3 Å². The third-order valence-electron chi connectivity index (χ3n) is 10.8. The lowest BCUT2D eigenvalue weighted by molar-refractivity contribution is -0.138. The van der Waals surface area contributed by atoms with E-state index in [0.717, 1.165) is 0 Å². The Morgan fingerprint density at radius 1 is 0.456 bits per heavy atom. The first-order valence-electron chi connectivity index (χ1n) is 21.6. The van der Waals surface area contributed by atoms with Crippen molar-refractivity contribution >= 4 is 171 Å². The summed E-state index contributed by atoms with van der Waals surface area (Å²) in [6.45, 7) is 16.3. The maximum Gasteiger partial charge on any atom is 0.253 e. The minimum Gasteiger partial charge on any atom is -0.389 e. The Bertz CT molecular complexity index is 1980. The lowest BCUT2D eigenvalue weighted by Gasteiger charge is -2.23. The van der Waals surface area contributed by atoms with Crippen LogP contribution in [0.3, 0.4) is 0 Å². The van der Waals surface area contributed by atoms with Crippen LogP contribution in [0.2, 0.25) is 0 Å². The van der Waals surface area contributed by atoms with Gasteiger partial charge in [-0.2, -0.15) is 0 Å². The first-order chi connectivity index (χ1) is 31.7. The van der Waals surface area contributed by atoms with Crippen LogP contribution in [0, 0.1) is 21.4 Å². The Labute approximate surface area is 477 Å². The summed E-state index contributed by atoms with van der Waals surface area (Å²) in [7, 11) is 0. The number of anilines is 2. The van der Waals surface area contributed by atoms with Crippen molar-refractivity contribution in [3.05, 3.63) is 43.7 Å². The second kappa shape index (κ2) is 23.6. The molecule has 0 aliphatic carbocycles. The summed E-state index contributed by atoms with van der Waals surface area (Å²) in [6.07, 6.45) is -2.53. The second-order valence-corrected chi connectivity index (χ2v) is 24.7. The largest absolute Gasteiger partial charge is 0.389 e. The van der Waals surface area contributed by atoms with E-state index in [4.69, 9.17) is 37.9 Å². The van der Waals surface area contributed by atoms with Crippen LogP contribution in [0.4, 0.5) is 11.4 Å². The van der Waals surface area contributed by atoms with Gasteiger partial charge in [-0.3, -0.25) is 19.2 Å². The van der Waals surface area contributed by atoms with Crippen molar-refractivity contribution in [2.24, 2.45) is 0 Å². The van der Waals surface area contributed by atoms with Gasteiger partial charge in [-0.05, 0) is 191 Å². The Balaban J connectivity index is 1.23. The molecule has 0 radical (unpaired) electrons. The molecule has 0 spiro atoms. The number of halogens is 6. The Morgan fingerprint density at radius 3 is 0.868 bits per heavy atom. The van der Waals surface area contributed by atoms with Gasteiger partial charge in [-0.15, -0.1) is 0 Å². The molecule has 25 heteroatoms. The summed E-state index contributed by atoms with van der Waals surface area (Å²) in [6, 6.07) is 0. The van der Waals surface area contributed by atoms with Gasteiger partial charge in [0.15, 0.2) is 23.1 Å². The van der Waals surface area contributed by atoms with Crippen molar-refractivity contribution in [1.82, 2.24) is 21.3 Å². The molecule has 4 fully saturated rings. The molecule has 4 aliphatic rings. The molecule has 4 atom stereocenters. The molecule has 4 unspecified atom stereocenters. The molecule has 19 nitrogen and oxygen atoms in total. The molecule has 4 amide bonds. The van der Waals surface area contributed by atoms with Crippen LogP contribution in [-0.4, -0.2) is 148 Å². The standard InChI is InChI=1S/C43H56I6N6O13/c1-40(2)61-15-20(65-40)11-52-36(57)24-28(44)25(37(58)53-12-21-16-62-41(3,4)66-21)31(47)34(30(24)46)50-9-19(56)10-51-35-32(48)26(38(59)54-13-22-17-63-42(5,6)67-22)29(45)27(33(35)49)39(60)55-14-23-18-64-43(7,8)68-23/h19-23,50-51,56H,9-18H2,1-8H3,(H,52,57)(H,53,58)(H,54,59)(H,55,60). The van der Waals surface area contributed by atoms with Crippen LogP contribution in [0.15, 0.2) is 0 Å². The van der Waals surface area contributed by atoms with Gasteiger partial charge in [0.2, 0.25) is 0 Å². The molecular formula is C43H56I6N6O13. The maximum atomic E-state index is 14.0. The van der Waals surface area contributed by atoms with Gasteiger partial charge in [0, 0.05) is 46.4 Å². The fourth-order valence-electron chi connectivity index (χ4n) is 7.58. The quantitative estimate of drug-likeness (QED) is 0.0885. The van der Waals surface area contributed by atoms with Gasteiger partial charge >= 0.3 is 0 Å². The van der Waals surface area contributed by atoms with Gasteiger partial charge in [0.1, 0.15) is 24.4 Å². The monoisotopic (exact) mass is 1630 g/mol. The third-order valence-corrected chi connectivity index (χ3v) is 17.3. The molecule has 6 rings (SSSR count). The molecule has 7 N–H and O–H groups in total. The zero-order chi connectivity index (χ0) is 50.1. The van der Waals surface area contributed by atoms with E-state index in [1.807, 2.05) is 45.2 Å².